The number of nitrogens with zero attached hydrogens (tertiary/aromatic N) is 2. The lowest BCUT2D eigenvalue weighted by atomic mass is 9.79. The third kappa shape index (κ3) is 5.88. The maximum Gasteiger partial charge on any atom is 0.417 e. The standard InChI is InChI=1S/C28H27F6N3O2/c1-17-7-4-5-8-18(17)19-15-23(37-11-13-39-14-12-37)35-16-22(19)36-25(38)26(2,3)20-9-6-10-21(27(29,30)31)24(20)28(32,33)34/h4-10,15-16H,11-14H2,1-3H3,(H,36,38). The molecular weight excluding hydrogens is 524 g/mol. The molecule has 4 rings (SSSR count). The summed E-state index contributed by atoms with van der Waals surface area (Å²) in [5, 5.41) is 2.65. The number of carbonyl (C=O) groups is 1. The van der Waals surface area contributed by atoms with Crippen LogP contribution in [0.4, 0.5) is 37.8 Å². The van der Waals surface area contributed by atoms with Crippen molar-refractivity contribution in [1.82, 2.24) is 4.98 Å². The molecule has 0 unspecified atom stereocenters. The Morgan fingerprint density at radius 1 is 0.897 bits per heavy atom. The van der Waals surface area contributed by atoms with E-state index in [-0.39, 0.29) is 5.69 Å². The quantitative estimate of drug-likeness (QED) is 0.353. The monoisotopic (exact) mass is 551 g/mol. The Labute approximate surface area is 221 Å². The lowest BCUT2D eigenvalue weighted by molar-refractivity contribution is -0.163. The van der Waals surface area contributed by atoms with Crippen molar-refractivity contribution in [1.29, 1.82) is 0 Å². The van der Waals surface area contributed by atoms with Crippen molar-refractivity contribution in [2.24, 2.45) is 0 Å². The van der Waals surface area contributed by atoms with E-state index in [1.54, 1.807) is 6.07 Å². The molecule has 1 aliphatic heterocycles. The Hall–Kier alpha value is -3.60. The molecule has 0 bridgehead atoms. The molecule has 1 fully saturated rings. The van der Waals surface area contributed by atoms with Crippen molar-refractivity contribution in [3.8, 4) is 11.1 Å². The number of amides is 1. The van der Waals surface area contributed by atoms with Crippen molar-refractivity contribution in [2.75, 3.05) is 36.5 Å². The maximum atomic E-state index is 14.0. The summed E-state index contributed by atoms with van der Waals surface area (Å²) in [6.07, 6.45) is -9.19. The number of anilines is 2. The number of benzene rings is 2. The van der Waals surface area contributed by atoms with E-state index < -0.39 is 40.4 Å². The van der Waals surface area contributed by atoms with Crippen LogP contribution in [0.1, 0.15) is 36.1 Å². The van der Waals surface area contributed by atoms with Gasteiger partial charge in [0.25, 0.3) is 0 Å². The number of alkyl halides is 6. The van der Waals surface area contributed by atoms with Gasteiger partial charge in [-0.15, -0.1) is 0 Å². The van der Waals surface area contributed by atoms with Gasteiger partial charge in [-0.05, 0) is 49.6 Å². The van der Waals surface area contributed by atoms with Crippen LogP contribution in [0.15, 0.2) is 54.7 Å². The second-order valence-electron chi connectivity index (χ2n) is 9.81. The SMILES string of the molecule is Cc1ccccc1-c1cc(N2CCOCC2)ncc1NC(=O)C(C)(C)c1cccc(C(F)(F)F)c1C(F)(F)F. The number of carbonyl (C=O) groups excluding carboxylic acids is 1. The number of nitrogens with one attached hydrogen (secondary N) is 1. The lowest BCUT2D eigenvalue weighted by Crippen LogP contribution is -2.38. The molecule has 39 heavy (non-hydrogen) atoms. The smallest absolute Gasteiger partial charge is 0.378 e. The average Bonchev–Trinajstić information content (AvgIpc) is 2.88. The zero-order chi connectivity index (χ0) is 28.6. The van der Waals surface area contributed by atoms with Gasteiger partial charge < -0.3 is 15.0 Å². The molecule has 0 atom stereocenters. The number of hydrogen-bond acceptors (Lipinski definition) is 4. The lowest BCUT2D eigenvalue weighted by Gasteiger charge is -2.30. The molecule has 3 aromatic rings. The fourth-order valence-electron chi connectivity index (χ4n) is 4.62. The molecule has 1 aromatic heterocycles. The predicted octanol–water partition coefficient (Wildman–Crippen LogP) is 6.85. The number of rotatable bonds is 5. The van der Waals surface area contributed by atoms with Crippen LogP contribution in [0.3, 0.4) is 0 Å². The largest absolute Gasteiger partial charge is 0.417 e. The van der Waals surface area contributed by atoms with Gasteiger partial charge in [0.1, 0.15) is 5.82 Å². The summed E-state index contributed by atoms with van der Waals surface area (Å²) in [5.41, 5.74) is -4.05. The summed E-state index contributed by atoms with van der Waals surface area (Å²) in [5.74, 6) is -0.283. The highest BCUT2D eigenvalue weighted by molar-refractivity contribution is 6.02. The van der Waals surface area contributed by atoms with Crippen LogP contribution in [0, 0.1) is 6.92 Å². The first-order chi connectivity index (χ1) is 18.2. The summed E-state index contributed by atoms with van der Waals surface area (Å²) in [7, 11) is 0. The third-order valence-electron chi connectivity index (χ3n) is 6.80. The zero-order valence-electron chi connectivity index (χ0n) is 21.5. The van der Waals surface area contributed by atoms with Gasteiger partial charge in [-0.2, -0.15) is 26.3 Å². The molecule has 11 heteroatoms. The van der Waals surface area contributed by atoms with Crippen molar-refractivity contribution >= 4 is 17.4 Å². The predicted molar refractivity (Wildman–Crippen MR) is 136 cm³/mol. The van der Waals surface area contributed by atoms with Gasteiger partial charge in [0, 0.05) is 18.7 Å². The van der Waals surface area contributed by atoms with E-state index in [1.165, 1.54) is 6.20 Å². The van der Waals surface area contributed by atoms with E-state index in [9.17, 15) is 31.1 Å². The molecule has 1 aliphatic rings. The number of aromatic nitrogens is 1. The topological polar surface area (TPSA) is 54.5 Å². The number of pyridine rings is 1. The summed E-state index contributed by atoms with van der Waals surface area (Å²) >= 11 is 0. The fourth-order valence-corrected chi connectivity index (χ4v) is 4.62. The van der Waals surface area contributed by atoms with Crippen molar-refractivity contribution < 1.29 is 35.9 Å². The van der Waals surface area contributed by atoms with Gasteiger partial charge in [0.15, 0.2) is 0 Å². The first-order valence-electron chi connectivity index (χ1n) is 12.2. The van der Waals surface area contributed by atoms with E-state index in [1.807, 2.05) is 36.1 Å². The Morgan fingerprint density at radius 3 is 2.15 bits per heavy atom. The molecular formula is C28H27F6N3O2. The molecule has 1 N–H and O–H groups in total. The van der Waals surface area contributed by atoms with Crippen LogP contribution in [0.5, 0.6) is 0 Å². The van der Waals surface area contributed by atoms with Gasteiger partial charge >= 0.3 is 12.4 Å². The average molecular weight is 552 g/mol. The molecule has 5 nitrogen and oxygen atoms in total. The summed E-state index contributed by atoms with van der Waals surface area (Å²) < 4.78 is 87.9. The number of halogens is 6. The van der Waals surface area contributed by atoms with Crippen molar-refractivity contribution in [3.63, 3.8) is 0 Å². The van der Waals surface area contributed by atoms with Crippen LogP contribution in [-0.4, -0.2) is 37.2 Å². The van der Waals surface area contributed by atoms with E-state index in [2.05, 4.69) is 10.3 Å². The normalized spacial score (nSPS) is 14.8. The Kier molecular flexibility index (Phi) is 7.66. The van der Waals surface area contributed by atoms with Gasteiger partial charge in [0.2, 0.25) is 5.91 Å². The zero-order valence-corrected chi connectivity index (χ0v) is 21.5. The fraction of sp³-hybridized carbons (Fsp3) is 0.357. The van der Waals surface area contributed by atoms with Gasteiger partial charge in [-0.1, -0.05) is 36.4 Å². The van der Waals surface area contributed by atoms with E-state index in [0.717, 1.165) is 37.1 Å². The maximum absolute atomic E-state index is 14.0. The summed E-state index contributed by atoms with van der Waals surface area (Å²) in [6, 6.07) is 11.3. The Morgan fingerprint density at radius 2 is 1.54 bits per heavy atom. The number of ether oxygens (including phenoxy) is 1. The second-order valence-corrected chi connectivity index (χ2v) is 9.81. The van der Waals surface area contributed by atoms with Crippen molar-refractivity contribution in [3.05, 3.63) is 77.0 Å². The van der Waals surface area contributed by atoms with Crippen LogP contribution in [0.2, 0.25) is 0 Å². The first-order valence-corrected chi connectivity index (χ1v) is 12.2. The van der Waals surface area contributed by atoms with Crippen molar-refractivity contribution in [2.45, 2.75) is 38.5 Å². The highest BCUT2D eigenvalue weighted by atomic mass is 19.4. The molecule has 0 spiro atoms. The van der Waals surface area contributed by atoms with Crippen LogP contribution in [-0.2, 0) is 27.3 Å². The summed E-state index contributed by atoms with van der Waals surface area (Å²) in [4.78, 5) is 20.0. The van der Waals surface area contributed by atoms with Crippen LogP contribution >= 0.6 is 0 Å². The number of hydrogen-bond donors (Lipinski definition) is 1. The third-order valence-corrected chi connectivity index (χ3v) is 6.80. The van der Waals surface area contributed by atoms with Gasteiger partial charge in [-0.3, -0.25) is 4.79 Å². The molecule has 0 radical (unpaired) electrons. The minimum atomic E-state index is -5.34. The molecule has 1 amide bonds. The molecule has 0 saturated carbocycles. The van der Waals surface area contributed by atoms with Gasteiger partial charge in [0.05, 0.1) is 41.6 Å². The van der Waals surface area contributed by atoms with Crippen LogP contribution < -0.4 is 10.2 Å². The minimum absolute atomic E-state index is 0.222. The second kappa shape index (κ2) is 10.5. The van der Waals surface area contributed by atoms with Crippen LogP contribution in [0.25, 0.3) is 11.1 Å². The first kappa shape index (κ1) is 28.4. The minimum Gasteiger partial charge on any atom is -0.378 e. The number of aryl methyl sites for hydroxylation is 1. The Balaban J connectivity index is 1.78. The highest BCUT2D eigenvalue weighted by Gasteiger charge is 2.48. The molecule has 1 saturated heterocycles. The van der Waals surface area contributed by atoms with E-state index >= 15 is 0 Å². The Bertz CT molecular complexity index is 1360. The molecule has 2 aromatic carbocycles. The molecule has 208 valence electrons. The van der Waals surface area contributed by atoms with E-state index in [0.29, 0.717) is 43.8 Å². The van der Waals surface area contributed by atoms with E-state index in [4.69, 9.17) is 4.74 Å². The highest BCUT2D eigenvalue weighted by Crippen LogP contribution is 2.45. The number of morpholine rings is 1. The molecule has 0 aliphatic carbocycles. The summed E-state index contributed by atoms with van der Waals surface area (Å²) in [6.45, 7) is 6.45. The van der Waals surface area contributed by atoms with Gasteiger partial charge in [-0.25, -0.2) is 4.98 Å². The molecule has 2 heterocycles.